The number of amides is 3. The minimum absolute atomic E-state index is 0.0131. The van der Waals surface area contributed by atoms with Gasteiger partial charge in [0.25, 0.3) is 0 Å². The van der Waals surface area contributed by atoms with Crippen molar-refractivity contribution in [2.75, 3.05) is 25.1 Å². The van der Waals surface area contributed by atoms with Crippen molar-refractivity contribution in [1.29, 1.82) is 0 Å². The Morgan fingerprint density at radius 1 is 1.37 bits per heavy atom. The number of anilines is 1. The van der Waals surface area contributed by atoms with Gasteiger partial charge in [0.15, 0.2) is 0 Å². The van der Waals surface area contributed by atoms with Crippen LogP contribution in [0.25, 0.3) is 0 Å². The van der Waals surface area contributed by atoms with Crippen molar-refractivity contribution in [2.24, 2.45) is 5.92 Å². The molecular formula is C19H26N4O4. The maximum Gasteiger partial charge on any atom is 0.317 e. The third-order valence-electron chi connectivity index (χ3n) is 5.33. The number of urea groups is 1. The van der Waals surface area contributed by atoms with Crippen molar-refractivity contribution in [3.05, 3.63) is 24.4 Å². The van der Waals surface area contributed by atoms with E-state index >= 15 is 0 Å². The first-order valence-corrected chi connectivity index (χ1v) is 9.42. The molecule has 1 saturated carbocycles. The second-order valence-electron chi connectivity index (χ2n) is 6.98. The molecule has 8 nitrogen and oxygen atoms in total. The first-order chi connectivity index (χ1) is 13.0. The van der Waals surface area contributed by atoms with Gasteiger partial charge in [-0.25, -0.2) is 9.78 Å². The lowest BCUT2D eigenvalue weighted by molar-refractivity contribution is -0.142. The second kappa shape index (κ2) is 8.37. The Labute approximate surface area is 158 Å². The van der Waals surface area contributed by atoms with Gasteiger partial charge in [-0.15, -0.1) is 0 Å². The van der Waals surface area contributed by atoms with Crippen LogP contribution >= 0.6 is 0 Å². The highest BCUT2D eigenvalue weighted by Crippen LogP contribution is 2.32. The minimum Gasteiger partial charge on any atom is -0.466 e. The molecule has 1 aliphatic carbocycles. The van der Waals surface area contributed by atoms with E-state index in [1.165, 1.54) is 0 Å². The van der Waals surface area contributed by atoms with Crippen LogP contribution in [0.1, 0.15) is 32.6 Å². The molecule has 0 aromatic carbocycles. The fourth-order valence-corrected chi connectivity index (χ4v) is 3.92. The molecule has 3 rings (SSSR count). The summed E-state index contributed by atoms with van der Waals surface area (Å²) in [5.41, 5.74) is 0. The minimum atomic E-state index is -0.334. The molecule has 1 N–H and O–H groups in total. The topological polar surface area (TPSA) is 91.8 Å². The van der Waals surface area contributed by atoms with Crippen LogP contribution in [-0.2, 0) is 14.3 Å². The fourth-order valence-electron chi connectivity index (χ4n) is 3.92. The van der Waals surface area contributed by atoms with Gasteiger partial charge >= 0.3 is 12.0 Å². The Hall–Kier alpha value is -2.64. The molecule has 0 bridgehead atoms. The molecule has 1 aromatic rings. The van der Waals surface area contributed by atoms with Crippen LogP contribution in [0.3, 0.4) is 0 Å². The van der Waals surface area contributed by atoms with Crippen molar-refractivity contribution in [3.8, 4) is 0 Å². The van der Waals surface area contributed by atoms with E-state index in [9.17, 15) is 14.4 Å². The van der Waals surface area contributed by atoms with Crippen molar-refractivity contribution in [3.63, 3.8) is 0 Å². The highest BCUT2D eigenvalue weighted by molar-refractivity contribution is 5.95. The number of aromatic nitrogens is 1. The lowest BCUT2D eigenvalue weighted by Crippen LogP contribution is -2.46. The number of hydrogen-bond acceptors (Lipinski definition) is 5. The van der Waals surface area contributed by atoms with Crippen LogP contribution in [0.5, 0.6) is 0 Å². The molecule has 1 aliphatic heterocycles. The number of pyridine rings is 1. The molecule has 0 radical (unpaired) electrons. The lowest BCUT2D eigenvalue weighted by Gasteiger charge is -2.34. The van der Waals surface area contributed by atoms with E-state index in [2.05, 4.69) is 10.3 Å². The van der Waals surface area contributed by atoms with Crippen LogP contribution in [0.2, 0.25) is 0 Å². The number of rotatable bonds is 6. The summed E-state index contributed by atoms with van der Waals surface area (Å²) in [5.74, 6) is -0.0661. The van der Waals surface area contributed by atoms with E-state index in [0.717, 1.165) is 6.42 Å². The van der Waals surface area contributed by atoms with E-state index in [0.29, 0.717) is 25.3 Å². The number of nitrogens with zero attached hydrogens (tertiary/aromatic N) is 3. The Balaban J connectivity index is 1.71. The van der Waals surface area contributed by atoms with Crippen molar-refractivity contribution >= 4 is 23.7 Å². The molecule has 0 spiro atoms. The largest absolute Gasteiger partial charge is 0.466 e. The Kier molecular flexibility index (Phi) is 5.93. The monoisotopic (exact) mass is 374 g/mol. The summed E-state index contributed by atoms with van der Waals surface area (Å²) in [5, 5.41) is 2.96. The normalized spacial score (nSPS) is 24.1. The molecule has 3 amide bonds. The van der Waals surface area contributed by atoms with Crippen LogP contribution < -0.4 is 10.2 Å². The van der Waals surface area contributed by atoms with Crippen LogP contribution in [0, 0.1) is 5.92 Å². The maximum atomic E-state index is 13.2. The van der Waals surface area contributed by atoms with E-state index < -0.39 is 0 Å². The van der Waals surface area contributed by atoms with E-state index in [4.69, 9.17) is 4.74 Å². The SMILES string of the molecule is CCOC(=O)CCN(C(=O)C1CCC2C(C1)NC(=O)N2C)c1ccccn1. The van der Waals surface area contributed by atoms with Gasteiger partial charge in [0.2, 0.25) is 5.91 Å². The predicted molar refractivity (Wildman–Crippen MR) is 99.1 cm³/mol. The van der Waals surface area contributed by atoms with Crippen LogP contribution in [0.15, 0.2) is 24.4 Å². The molecule has 1 aromatic heterocycles. The summed E-state index contributed by atoms with van der Waals surface area (Å²) in [6.07, 6.45) is 3.84. The Bertz CT molecular complexity index is 696. The number of esters is 1. The molecule has 27 heavy (non-hydrogen) atoms. The zero-order valence-electron chi connectivity index (χ0n) is 15.8. The summed E-state index contributed by atoms with van der Waals surface area (Å²) < 4.78 is 4.98. The average Bonchev–Trinajstić information content (AvgIpc) is 2.96. The highest BCUT2D eigenvalue weighted by atomic mass is 16.5. The summed E-state index contributed by atoms with van der Waals surface area (Å²) in [7, 11) is 1.79. The first-order valence-electron chi connectivity index (χ1n) is 9.42. The molecule has 1 saturated heterocycles. The van der Waals surface area contributed by atoms with E-state index in [-0.39, 0.29) is 48.9 Å². The molecule has 146 valence electrons. The first kappa shape index (κ1) is 19.1. The summed E-state index contributed by atoms with van der Waals surface area (Å²) in [4.78, 5) is 44.4. The van der Waals surface area contributed by atoms with Crippen molar-refractivity contribution in [2.45, 2.75) is 44.7 Å². The van der Waals surface area contributed by atoms with Gasteiger partial charge in [-0.1, -0.05) is 6.07 Å². The number of hydrogen-bond donors (Lipinski definition) is 1. The predicted octanol–water partition coefficient (Wildman–Crippen LogP) is 1.56. The van der Waals surface area contributed by atoms with Crippen LogP contribution in [0.4, 0.5) is 10.6 Å². The van der Waals surface area contributed by atoms with Gasteiger partial charge in [-0.05, 0) is 38.3 Å². The second-order valence-corrected chi connectivity index (χ2v) is 6.98. The lowest BCUT2D eigenvalue weighted by atomic mass is 9.82. The van der Waals surface area contributed by atoms with E-state index in [1.54, 1.807) is 42.1 Å². The molecule has 2 fully saturated rings. The van der Waals surface area contributed by atoms with Gasteiger partial charge in [0.05, 0.1) is 25.1 Å². The third kappa shape index (κ3) is 4.20. The number of ether oxygens (including phenoxy) is 1. The standard InChI is InChI=1S/C19H26N4O4/c1-3-27-17(24)9-11-23(16-6-4-5-10-20-16)18(25)13-7-8-15-14(12-13)21-19(26)22(15)2/h4-6,10,13-15H,3,7-9,11-12H2,1-2H3,(H,21,26). The summed E-state index contributed by atoms with van der Waals surface area (Å²) in [6.45, 7) is 2.30. The van der Waals surface area contributed by atoms with Gasteiger partial charge in [0.1, 0.15) is 5.82 Å². The van der Waals surface area contributed by atoms with Gasteiger partial charge in [-0.3, -0.25) is 14.5 Å². The summed E-state index contributed by atoms with van der Waals surface area (Å²) >= 11 is 0. The zero-order valence-corrected chi connectivity index (χ0v) is 15.8. The fraction of sp³-hybridized carbons (Fsp3) is 0.579. The quantitative estimate of drug-likeness (QED) is 0.763. The maximum absolute atomic E-state index is 13.2. The number of nitrogens with one attached hydrogen (secondary N) is 1. The molecule has 2 heterocycles. The zero-order chi connectivity index (χ0) is 19.4. The molecular weight excluding hydrogens is 348 g/mol. The Morgan fingerprint density at radius 3 is 2.89 bits per heavy atom. The smallest absolute Gasteiger partial charge is 0.317 e. The third-order valence-corrected chi connectivity index (χ3v) is 5.33. The molecule has 3 unspecified atom stereocenters. The Morgan fingerprint density at radius 2 is 2.19 bits per heavy atom. The number of carbonyl (C=O) groups is 3. The van der Waals surface area contributed by atoms with Gasteiger partial charge in [0, 0.05) is 25.7 Å². The number of carbonyl (C=O) groups excluding carboxylic acids is 3. The van der Waals surface area contributed by atoms with Crippen molar-refractivity contribution in [1.82, 2.24) is 15.2 Å². The van der Waals surface area contributed by atoms with Gasteiger partial charge < -0.3 is 15.0 Å². The molecule has 3 atom stereocenters. The average molecular weight is 374 g/mol. The van der Waals surface area contributed by atoms with Gasteiger partial charge in [-0.2, -0.15) is 0 Å². The summed E-state index contributed by atoms with van der Waals surface area (Å²) in [6, 6.07) is 5.41. The van der Waals surface area contributed by atoms with Crippen LogP contribution in [-0.4, -0.2) is 60.1 Å². The van der Waals surface area contributed by atoms with Crippen molar-refractivity contribution < 1.29 is 19.1 Å². The molecule has 2 aliphatic rings. The highest BCUT2D eigenvalue weighted by Gasteiger charge is 2.43. The number of likely N-dealkylation sites (N-methyl/N-ethyl adjacent to an activating group) is 1. The molecule has 8 heteroatoms. The van der Waals surface area contributed by atoms with E-state index in [1.807, 2.05) is 6.07 Å². The number of fused-ring (bicyclic) bond motifs is 1.